The summed E-state index contributed by atoms with van der Waals surface area (Å²) >= 11 is 1.34. The second-order valence-electron chi connectivity index (χ2n) is 6.41. The highest BCUT2D eigenvalue weighted by Gasteiger charge is 2.19. The molecule has 2 N–H and O–H groups in total. The van der Waals surface area contributed by atoms with Gasteiger partial charge in [0.2, 0.25) is 0 Å². The number of benzene rings is 2. The van der Waals surface area contributed by atoms with Gasteiger partial charge in [-0.05, 0) is 61.7 Å². The number of hydrogen-bond donors (Lipinski definition) is 2. The molecular weight excluding hydrogens is 388 g/mol. The van der Waals surface area contributed by atoms with Gasteiger partial charge in [-0.1, -0.05) is 23.8 Å². The lowest BCUT2D eigenvalue weighted by Crippen LogP contribution is -2.30. The average Bonchev–Trinajstić information content (AvgIpc) is 3.25. The first-order chi connectivity index (χ1) is 13.9. The van der Waals surface area contributed by atoms with Crippen LogP contribution in [0.25, 0.3) is 0 Å². The largest absolute Gasteiger partial charge is 0.449 e. The standard InChI is InChI=1S/C22H20N2O4S/c1-14-5-9-17(10-6-14)23-20(25)15(2)28-22(27)16-7-11-18(12-8-16)24-21(26)19-4-3-13-29-19/h3-13,15H,1-2H3,(H,23,25)(H,24,26)/t15-/m1/s1. The average molecular weight is 408 g/mol. The van der Waals surface area contributed by atoms with Gasteiger partial charge in [0.15, 0.2) is 6.10 Å². The van der Waals surface area contributed by atoms with Gasteiger partial charge in [0, 0.05) is 11.4 Å². The molecule has 6 nitrogen and oxygen atoms in total. The van der Waals surface area contributed by atoms with Gasteiger partial charge in [0.25, 0.3) is 11.8 Å². The summed E-state index contributed by atoms with van der Waals surface area (Å²) in [5.41, 5.74) is 2.56. The van der Waals surface area contributed by atoms with Crippen LogP contribution >= 0.6 is 11.3 Å². The predicted octanol–water partition coefficient (Wildman–Crippen LogP) is 4.49. The number of aryl methyl sites for hydroxylation is 1. The van der Waals surface area contributed by atoms with E-state index in [0.717, 1.165) is 5.56 Å². The topological polar surface area (TPSA) is 84.5 Å². The first kappa shape index (κ1) is 20.3. The van der Waals surface area contributed by atoms with E-state index >= 15 is 0 Å². The maximum atomic E-state index is 12.3. The van der Waals surface area contributed by atoms with Crippen LogP contribution in [0.2, 0.25) is 0 Å². The van der Waals surface area contributed by atoms with E-state index in [2.05, 4.69) is 10.6 Å². The zero-order valence-electron chi connectivity index (χ0n) is 16.0. The quantitative estimate of drug-likeness (QED) is 0.589. The van der Waals surface area contributed by atoms with Crippen molar-refractivity contribution in [3.63, 3.8) is 0 Å². The molecule has 2 aromatic carbocycles. The Morgan fingerprint density at radius 3 is 2.14 bits per heavy atom. The number of carbonyl (C=O) groups excluding carboxylic acids is 3. The van der Waals surface area contributed by atoms with Crippen LogP contribution in [-0.4, -0.2) is 23.9 Å². The van der Waals surface area contributed by atoms with Crippen LogP contribution in [0.3, 0.4) is 0 Å². The lowest BCUT2D eigenvalue weighted by Gasteiger charge is -2.14. The molecule has 148 valence electrons. The Kier molecular flexibility index (Phi) is 6.41. The van der Waals surface area contributed by atoms with Crippen molar-refractivity contribution in [1.82, 2.24) is 0 Å². The highest BCUT2D eigenvalue weighted by atomic mass is 32.1. The zero-order valence-corrected chi connectivity index (χ0v) is 16.8. The summed E-state index contributed by atoms with van der Waals surface area (Å²) in [5.74, 6) is -1.24. The summed E-state index contributed by atoms with van der Waals surface area (Å²) in [6.07, 6.45) is -0.956. The minimum Gasteiger partial charge on any atom is -0.449 e. The summed E-state index contributed by atoms with van der Waals surface area (Å²) in [4.78, 5) is 37.2. The first-order valence-corrected chi connectivity index (χ1v) is 9.84. The second kappa shape index (κ2) is 9.16. The van der Waals surface area contributed by atoms with Crippen LogP contribution in [0, 0.1) is 6.92 Å². The van der Waals surface area contributed by atoms with Crippen LogP contribution in [0.1, 0.15) is 32.5 Å². The van der Waals surface area contributed by atoms with E-state index < -0.39 is 18.0 Å². The molecular formula is C22H20N2O4S. The molecule has 0 saturated heterocycles. The maximum absolute atomic E-state index is 12.3. The normalized spacial score (nSPS) is 11.4. The van der Waals surface area contributed by atoms with E-state index in [1.54, 1.807) is 36.4 Å². The first-order valence-electron chi connectivity index (χ1n) is 8.96. The zero-order chi connectivity index (χ0) is 20.8. The number of ether oxygens (including phenoxy) is 1. The van der Waals surface area contributed by atoms with Crippen molar-refractivity contribution in [2.75, 3.05) is 10.6 Å². The Labute approximate surface area is 172 Å². The number of rotatable bonds is 6. The molecule has 0 fully saturated rings. The van der Waals surface area contributed by atoms with Crippen molar-refractivity contribution in [3.8, 4) is 0 Å². The van der Waals surface area contributed by atoms with Crippen LogP contribution in [0.15, 0.2) is 66.0 Å². The van der Waals surface area contributed by atoms with Crippen molar-refractivity contribution >= 4 is 40.5 Å². The third-order valence-corrected chi connectivity index (χ3v) is 4.96. The number of esters is 1. The molecule has 0 radical (unpaired) electrons. The molecule has 0 aliphatic heterocycles. The number of anilines is 2. The fraction of sp³-hybridized carbons (Fsp3) is 0.136. The number of hydrogen-bond acceptors (Lipinski definition) is 5. The Balaban J connectivity index is 1.54. The minimum atomic E-state index is -0.956. The van der Waals surface area contributed by atoms with Gasteiger partial charge in [0.05, 0.1) is 10.4 Å². The summed E-state index contributed by atoms with van der Waals surface area (Å²) in [5, 5.41) is 7.29. The van der Waals surface area contributed by atoms with Gasteiger partial charge in [-0.15, -0.1) is 11.3 Å². The molecule has 1 aromatic heterocycles. The predicted molar refractivity (Wildman–Crippen MR) is 113 cm³/mol. The lowest BCUT2D eigenvalue weighted by atomic mass is 10.2. The Hall–Kier alpha value is -3.45. The molecule has 3 aromatic rings. The second-order valence-corrected chi connectivity index (χ2v) is 7.36. The summed E-state index contributed by atoms with van der Waals surface area (Å²) in [7, 11) is 0. The van der Waals surface area contributed by atoms with Gasteiger partial charge >= 0.3 is 5.97 Å². The fourth-order valence-electron chi connectivity index (χ4n) is 2.45. The van der Waals surface area contributed by atoms with Gasteiger partial charge in [-0.25, -0.2) is 4.79 Å². The Morgan fingerprint density at radius 2 is 1.52 bits per heavy atom. The maximum Gasteiger partial charge on any atom is 0.338 e. The number of carbonyl (C=O) groups is 3. The van der Waals surface area contributed by atoms with E-state index in [9.17, 15) is 14.4 Å². The van der Waals surface area contributed by atoms with Crippen molar-refractivity contribution in [1.29, 1.82) is 0 Å². The molecule has 2 amide bonds. The van der Waals surface area contributed by atoms with Crippen molar-refractivity contribution in [2.45, 2.75) is 20.0 Å². The number of nitrogens with one attached hydrogen (secondary N) is 2. The molecule has 0 aliphatic rings. The summed E-state index contributed by atoms with van der Waals surface area (Å²) < 4.78 is 5.24. The third-order valence-electron chi connectivity index (χ3n) is 4.10. The van der Waals surface area contributed by atoms with E-state index in [4.69, 9.17) is 4.74 Å². The summed E-state index contributed by atoms with van der Waals surface area (Å²) in [6.45, 7) is 3.46. The fourth-order valence-corrected chi connectivity index (χ4v) is 3.07. The molecule has 0 spiro atoms. The van der Waals surface area contributed by atoms with Crippen LogP contribution in [0.4, 0.5) is 11.4 Å². The van der Waals surface area contributed by atoms with Gasteiger partial charge in [-0.3, -0.25) is 9.59 Å². The third kappa shape index (κ3) is 5.52. The van der Waals surface area contributed by atoms with E-state index in [1.807, 2.05) is 24.4 Å². The van der Waals surface area contributed by atoms with Crippen molar-refractivity contribution < 1.29 is 19.1 Å². The molecule has 0 saturated carbocycles. The van der Waals surface area contributed by atoms with Gasteiger partial charge < -0.3 is 15.4 Å². The van der Waals surface area contributed by atoms with E-state index in [0.29, 0.717) is 16.3 Å². The van der Waals surface area contributed by atoms with Crippen molar-refractivity contribution in [3.05, 3.63) is 82.0 Å². The van der Waals surface area contributed by atoms with Gasteiger partial charge in [-0.2, -0.15) is 0 Å². The van der Waals surface area contributed by atoms with E-state index in [1.165, 1.54) is 30.4 Å². The number of amides is 2. The van der Waals surface area contributed by atoms with Crippen molar-refractivity contribution in [2.24, 2.45) is 0 Å². The molecule has 0 aliphatic carbocycles. The highest BCUT2D eigenvalue weighted by Crippen LogP contribution is 2.15. The SMILES string of the molecule is Cc1ccc(NC(=O)[C@@H](C)OC(=O)c2ccc(NC(=O)c3cccs3)cc2)cc1. The van der Waals surface area contributed by atoms with Crippen LogP contribution < -0.4 is 10.6 Å². The summed E-state index contributed by atoms with van der Waals surface area (Å²) in [6, 6.07) is 17.2. The highest BCUT2D eigenvalue weighted by molar-refractivity contribution is 7.12. The van der Waals surface area contributed by atoms with Gasteiger partial charge in [0.1, 0.15) is 0 Å². The monoisotopic (exact) mass is 408 g/mol. The van der Waals surface area contributed by atoms with Crippen LogP contribution in [-0.2, 0) is 9.53 Å². The molecule has 29 heavy (non-hydrogen) atoms. The smallest absolute Gasteiger partial charge is 0.338 e. The molecule has 1 atom stereocenters. The van der Waals surface area contributed by atoms with E-state index in [-0.39, 0.29) is 11.5 Å². The molecule has 3 rings (SSSR count). The molecule has 7 heteroatoms. The Bertz CT molecular complexity index is 996. The molecule has 0 bridgehead atoms. The molecule has 0 unspecified atom stereocenters. The Morgan fingerprint density at radius 1 is 0.897 bits per heavy atom. The number of thiophene rings is 1. The molecule has 1 heterocycles. The lowest BCUT2D eigenvalue weighted by molar-refractivity contribution is -0.123. The minimum absolute atomic E-state index is 0.211. The van der Waals surface area contributed by atoms with Crippen LogP contribution in [0.5, 0.6) is 0 Å².